The zero-order chi connectivity index (χ0) is 24.1. The minimum absolute atomic E-state index is 0.333. The van der Waals surface area contributed by atoms with E-state index in [-0.39, 0.29) is 0 Å². The molecular weight excluding hydrogens is 445 g/mol. The summed E-state index contributed by atoms with van der Waals surface area (Å²) < 4.78 is 0. The van der Waals surface area contributed by atoms with Crippen molar-refractivity contribution in [3.63, 3.8) is 0 Å². The van der Waals surface area contributed by atoms with Crippen molar-refractivity contribution in [2.24, 2.45) is 0 Å². The van der Waals surface area contributed by atoms with Gasteiger partial charge in [-0.1, -0.05) is 50.6 Å². The standard InChI is InChI=1S/C30H36BN3S/c1-5-9-17-33-22-13-11-14-23-28(22)31-29-24(33)15-12-16-26(29)35-27-20-21(32(7-3)8-4)19-25(30(27)31)34(23)18-10-6-2/h11-16,19-20H,5-10,17-18H2,1-4H3. The normalized spacial score (nSPS) is 14.3. The van der Waals surface area contributed by atoms with Crippen LogP contribution in [0.5, 0.6) is 0 Å². The summed E-state index contributed by atoms with van der Waals surface area (Å²) in [4.78, 5) is 10.7. The van der Waals surface area contributed by atoms with Gasteiger partial charge in [-0.05, 0) is 79.5 Å². The van der Waals surface area contributed by atoms with E-state index in [2.05, 4.69) is 90.9 Å². The van der Waals surface area contributed by atoms with Crippen LogP contribution in [0.25, 0.3) is 0 Å². The summed E-state index contributed by atoms with van der Waals surface area (Å²) in [7, 11) is 0. The molecule has 0 unspecified atom stereocenters. The Morgan fingerprint density at radius 3 is 1.89 bits per heavy atom. The molecule has 35 heavy (non-hydrogen) atoms. The number of rotatable bonds is 9. The molecule has 180 valence electrons. The Morgan fingerprint density at radius 1 is 0.686 bits per heavy atom. The smallest absolute Gasteiger partial charge is 0.255 e. The van der Waals surface area contributed by atoms with Gasteiger partial charge in [0, 0.05) is 64.4 Å². The lowest BCUT2D eigenvalue weighted by Gasteiger charge is -2.47. The van der Waals surface area contributed by atoms with Crippen LogP contribution in [0.3, 0.4) is 0 Å². The highest BCUT2D eigenvalue weighted by Crippen LogP contribution is 2.45. The summed E-state index contributed by atoms with van der Waals surface area (Å²) in [5.74, 6) is 0. The van der Waals surface area contributed by atoms with Gasteiger partial charge < -0.3 is 14.7 Å². The van der Waals surface area contributed by atoms with Gasteiger partial charge in [0.05, 0.1) is 0 Å². The fourth-order valence-corrected chi connectivity index (χ4v) is 7.57. The highest BCUT2D eigenvalue weighted by atomic mass is 32.2. The lowest BCUT2D eigenvalue weighted by Crippen LogP contribution is -2.64. The summed E-state index contributed by atoms with van der Waals surface area (Å²) in [6, 6.07) is 19.0. The Kier molecular flexibility index (Phi) is 6.00. The first-order valence-electron chi connectivity index (χ1n) is 13.6. The van der Waals surface area contributed by atoms with E-state index in [9.17, 15) is 0 Å². The van der Waals surface area contributed by atoms with Crippen molar-refractivity contribution < 1.29 is 0 Å². The molecular formula is C30H36BN3S. The molecule has 6 rings (SSSR count). The van der Waals surface area contributed by atoms with Gasteiger partial charge in [-0.25, -0.2) is 0 Å². The first-order valence-corrected chi connectivity index (χ1v) is 14.4. The third-order valence-electron chi connectivity index (χ3n) is 8.06. The summed E-state index contributed by atoms with van der Waals surface area (Å²) in [5.41, 5.74) is 11.7. The fourth-order valence-electron chi connectivity index (χ4n) is 6.35. The SMILES string of the molecule is CCCCN1c2cccc3c2B2c4c(cc(N(CC)CC)cc4N(CCCC)c4cccc1c42)S3. The minimum atomic E-state index is 0.333. The first-order chi connectivity index (χ1) is 17.2. The maximum Gasteiger partial charge on any atom is 0.255 e. The molecule has 0 fully saturated rings. The number of nitrogens with zero attached hydrogens (tertiary/aromatic N) is 3. The van der Waals surface area contributed by atoms with Crippen molar-refractivity contribution >= 4 is 63.3 Å². The van der Waals surface area contributed by atoms with Crippen LogP contribution in [-0.2, 0) is 0 Å². The van der Waals surface area contributed by atoms with Crippen LogP contribution in [0.1, 0.15) is 53.4 Å². The topological polar surface area (TPSA) is 9.72 Å². The summed E-state index contributed by atoms with van der Waals surface area (Å²) >= 11 is 1.99. The summed E-state index contributed by atoms with van der Waals surface area (Å²) in [5, 5.41) is 0. The predicted octanol–water partition coefficient (Wildman–Crippen LogP) is 6.02. The van der Waals surface area contributed by atoms with Crippen molar-refractivity contribution in [1.82, 2.24) is 0 Å². The zero-order valence-corrected chi connectivity index (χ0v) is 22.4. The van der Waals surface area contributed by atoms with Crippen LogP contribution in [0, 0.1) is 0 Å². The van der Waals surface area contributed by atoms with Crippen LogP contribution in [0.15, 0.2) is 58.3 Å². The Bertz CT molecular complexity index is 1270. The maximum atomic E-state index is 2.65. The molecule has 3 aromatic carbocycles. The Hall–Kier alpha value is -2.53. The fraction of sp³-hybridized carbons (Fsp3) is 0.400. The van der Waals surface area contributed by atoms with E-state index >= 15 is 0 Å². The number of benzene rings is 3. The van der Waals surface area contributed by atoms with E-state index < -0.39 is 0 Å². The number of anilines is 5. The second kappa shape index (κ2) is 9.17. The summed E-state index contributed by atoms with van der Waals surface area (Å²) in [6.07, 6.45) is 4.83. The van der Waals surface area contributed by atoms with Crippen LogP contribution < -0.4 is 31.1 Å². The van der Waals surface area contributed by atoms with Crippen LogP contribution in [0.2, 0.25) is 0 Å². The molecule has 0 bridgehead atoms. The van der Waals surface area contributed by atoms with Gasteiger partial charge in [-0.3, -0.25) is 0 Å². The number of hydrogen-bond acceptors (Lipinski definition) is 4. The maximum absolute atomic E-state index is 2.65. The second-order valence-electron chi connectivity index (χ2n) is 9.99. The number of unbranched alkanes of at least 4 members (excludes halogenated alkanes) is 2. The van der Waals surface area contributed by atoms with Crippen molar-refractivity contribution in [2.45, 2.75) is 63.2 Å². The quantitative estimate of drug-likeness (QED) is 0.271. The van der Waals surface area contributed by atoms with Crippen LogP contribution in [0.4, 0.5) is 28.4 Å². The van der Waals surface area contributed by atoms with Gasteiger partial charge in [-0.2, -0.15) is 0 Å². The van der Waals surface area contributed by atoms with E-state index in [0.717, 1.165) is 26.2 Å². The Labute approximate surface area is 215 Å². The van der Waals surface area contributed by atoms with Crippen LogP contribution in [-0.4, -0.2) is 32.9 Å². The van der Waals surface area contributed by atoms with E-state index in [1.807, 2.05) is 11.8 Å². The molecule has 0 spiro atoms. The lowest BCUT2D eigenvalue weighted by molar-refractivity contribution is 0.780. The molecule has 0 saturated heterocycles. The molecule has 0 saturated carbocycles. The summed E-state index contributed by atoms with van der Waals surface area (Å²) in [6.45, 7) is 13.7. The Balaban J connectivity index is 1.64. The van der Waals surface area contributed by atoms with Gasteiger partial charge in [0.1, 0.15) is 0 Å². The highest BCUT2D eigenvalue weighted by molar-refractivity contribution is 8.00. The molecule has 3 aliphatic heterocycles. The monoisotopic (exact) mass is 481 g/mol. The van der Waals surface area contributed by atoms with Crippen LogP contribution >= 0.6 is 11.8 Å². The molecule has 0 N–H and O–H groups in total. The molecule has 0 radical (unpaired) electrons. The average molecular weight is 482 g/mol. The molecule has 3 aliphatic rings. The lowest BCUT2D eigenvalue weighted by atomic mass is 9.33. The first kappa shape index (κ1) is 22.9. The molecule has 0 atom stereocenters. The van der Waals surface area contributed by atoms with E-state index in [4.69, 9.17) is 0 Å². The van der Waals surface area contributed by atoms with Crippen molar-refractivity contribution in [3.05, 3.63) is 48.5 Å². The average Bonchev–Trinajstić information content (AvgIpc) is 2.88. The molecule has 0 aliphatic carbocycles. The molecule has 3 aromatic rings. The third kappa shape index (κ3) is 3.42. The van der Waals surface area contributed by atoms with Crippen molar-refractivity contribution in [2.75, 3.05) is 40.9 Å². The van der Waals surface area contributed by atoms with Gasteiger partial charge in [0.2, 0.25) is 0 Å². The third-order valence-corrected chi connectivity index (χ3v) is 9.19. The van der Waals surface area contributed by atoms with E-state index in [0.29, 0.717) is 6.71 Å². The van der Waals surface area contributed by atoms with Crippen molar-refractivity contribution in [1.29, 1.82) is 0 Å². The molecule has 3 nitrogen and oxygen atoms in total. The number of hydrogen-bond donors (Lipinski definition) is 0. The van der Waals surface area contributed by atoms with Gasteiger partial charge in [0.25, 0.3) is 6.71 Å². The molecule has 3 heterocycles. The minimum Gasteiger partial charge on any atom is -0.372 e. The second-order valence-corrected chi connectivity index (χ2v) is 11.1. The van der Waals surface area contributed by atoms with E-state index in [1.54, 1.807) is 0 Å². The van der Waals surface area contributed by atoms with Gasteiger partial charge >= 0.3 is 0 Å². The highest BCUT2D eigenvalue weighted by Gasteiger charge is 2.46. The molecule has 0 aromatic heterocycles. The van der Waals surface area contributed by atoms with Crippen molar-refractivity contribution in [3.8, 4) is 0 Å². The molecule has 0 amide bonds. The molecule has 5 heteroatoms. The van der Waals surface area contributed by atoms with Gasteiger partial charge in [0.15, 0.2) is 0 Å². The Morgan fingerprint density at radius 2 is 1.26 bits per heavy atom. The van der Waals surface area contributed by atoms with Gasteiger partial charge in [-0.15, -0.1) is 0 Å². The van der Waals surface area contributed by atoms with E-state index in [1.165, 1.54) is 80.3 Å². The zero-order valence-electron chi connectivity index (χ0n) is 21.6. The predicted molar refractivity (Wildman–Crippen MR) is 155 cm³/mol. The largest absolute Gasteiger partial charge is 0.372 e.